The molecule has 0 unspecified atom stereocenters. The quantitative estimate of drug-likeness (QED) is 0.717. The molecule has 0 fully saturated rings. The number of aromatic nitrogens is 2. The molecule has 94 valence electrons. The SMILES string of the molecule is Cc1ccccc1-c1[nH]cnc1-c1ccc(Cl)cc1. The Balaban J connectivity index is 2.13. The maximum atomic E-state index is 5.93. The van der Waals surface area contributed by atoms with E-state index in [9.17, 15) is 0 Å². The van der Waals surface area contributed by atoms with Gasteiger partial charge in [-0.25, -0.2) is 4.98 Å². The first-order valence-corrected chi connectivity index (χ1v) is 6.49. The van der Waals surface area contributed by atoms with Crippen molar-refractivity contribution >= 4 is 11.6 Å². The zero-order valence-electron chi connectivity index (χ0n) is 10.5. The van der Waals surface area contributed by atoms with E-state index in [4.69, 9.17) is 11.6 Å². The summed E-state index contributed by atoms with van der Waals surface area (Å²) in [5, 5.41) is 0.733. The van der Waals surface area contributed by atoms with E-state index in [1.807, 2.05) is 36.4 Å². The van der Waals surface area contributed by atoms with E-state index >= 15 is 0 Å². The molecule has 0 amide bonds. The van der Waals surface area contributed by atoms with Crippen LogP contribution in [-0.2, 0) is 0 Å². The summed E-state index contributed by atoms with van der Waals surface area (Å²) >= 11 is 5.93. The lowest BCUT2D eigenvalue weighted by Crippen LogP contribution is -1.86. The molecule has 3 heteroatoms. The van der Waals surface area contributed by atoms with Gasteiger partial charge in [0.25, 0.3) is 0 Å². The van der Waals surface area contributed by atoms with Gasteiger partial charge >= 0.3 is 0 Å². The number of imidazole rings is 1. The standard InChI is InChI=1S/C16H13ClN2/c1-11-4-2-3-5-14(11)16-15(18-10-19-16)12-6-8-13(17)9-7-12/h2-10H,1H3,(H,18,19). The molecule has 19 heavy (non-hydrogen) atoms. The topological polar surface area (TPSA) is 28.7 Å². The molecule has 0 saturated heterocycles. The highest BCUT2D eigenvalue weighted by Gasteiger charge is 2.11. The Morgan fingerprint density at radius 2 is 1.74 bits per heavy atom. The molecule has 3 aromatic rings. The van der Waals surface area contributed by atoms with Crippen LogP contribution in [0.4, 0.5) is 0 Å². The Labute approximate surface area is 117 Å². The molecule has 0 aliphatic carbocycles. The van der Waals surface area contributed by atoms with E-state index in [-0.39, 0.29) is 0 Å². The largest absolute Gasteiger partial charge is 0.344 e. The van der Waals surface area contributed by atoms with Gasteiger partial charge in [-0.2, -0.15) is 0 Å². The van der Waals surface area contributed by atoms with Gasteiger partial charge < -0.3 is 4.98 Å². The summed E-state index contributed by atoms with van der Waals surface area (Å²) < 4.78 is 0. The summed E-state index contributed by atoms with van der Waals surface area (Å²) in [7, 11) is 0. The van der Waals surface area contributed by atoms with Gasteiger partial charge in [0.2, 0.25) is 0 Å². The number of H-pyrrole nitrogens is 1. The lowest BCUT2D eigenvalue weighted by molar-refractivity contribution is 1.31. The number of hydrogen-bond donors (Lipinski definition) is 1. The van der Waals surface area contributed by atoms with Crippen molar-refractivity contribution in [2.45, 2.75) is 6.92 Å². The minimum absolute atomic E-state index is 0.733. The molecular formula is C16H13ClN2. The van der Waals surface area contributed by atoms with Crippen LogP contribution in [0.5, 0.6) is 0 Å². The van der Waals surface area contributed by atoms with Crippen molar-refractivity contribution in [3.05, 3.63) is 65.4 Å². The highest BCUT2D eigenvalue weighted by Crippen LogP contribution is 2.31. The van der Waals surface area contributed by atoms with Crippen LogP contribution in [-0.4, -0.2) is 9.97 Å². The minimum Gasteiger partial charge on any atom is -0.344 e. The first kappa shape index (κ1) is 12.0. The van der Waals surface area contributed by atoms with Crippen LogP contribution in [0.15, 0.2) is 54.9 Å². The third kappa shape index (κ3) is 2.27. The number of halogens is 1. The van der Waals surface area contributed by atoms with Crippen molar-refractivity contribution in [1.29, 1.82) is 0 Å². The Kier molecular flexibility index (Phi) is 3.10. The van der Waals surface area contributed by atoms with Gasteiger partial charge in [0.15, 0.2) is 0 Å². The fourth-order valence-corrected chi connectivity index (χ4v) is 2.31. The Hall–Kier alpha value is -2.06. The minimum atomic E-state index is 0.733. The van der Waals surface area contributed by atoms with Gasteiger partial charge in [-0.1, -0.05) is 48.0 Å². The summed E-state index contributed by atoms with van der Waals surface area (Å²) in [4.78, 5) is 7.67. The molecule has 3 rings (SSSR count). The van der Waals surface area contributed by atoms with Crippen LogP contribution in [0.25, 0.3) is 22.5 Å². The molecule has 2 nitrogen and oxygen atoms in total. The third-order valence-corrected chi connectivity index (χ3v) is 3.42. The summed E-state index contributed by atoms with van der Waals surface area (Å²) in [5.74, 6) is 0. The van der Waals surface area contributed by atoms with E-state index < -0.39 is 0 Å². The highest BCUT2D eigenvalue weighted by atomic mass is 35.5. The number of nitrogens with zero attached hydrogens (tertiary/aromatic N) is 1. The van der Waals surface area contributed by atoms with Crippen molar-refractivity contribution in [2.75, 3.05) is 0 Å². The Bertz CT molecular complexity index is 699. The second-order valence-corrected chi connectivity index (χ2v) is 4.88. The number of hydrogen-bond acceptors (Lipinski definition) is 1. The lowest BCUT2D eigenvalue weighted by atomic mass is 10.0. The molecule has 0 aliphatic heterocycles. The fraction of sp³-hybridized carbons (Fsp3) is 0.0625. The van der Waals surface area contributed by atoms with Gasteiger partial charge in [0.1, 0.15) is 0 Å². The van der Waals surface area contributed by atoms with Crippen molar-refractivity contribution in [3.8, 4) is 22.5 Å². The van der Waals surface area contributed by atoms with Crippen LogP contribution < -0.4 is 0 Å². The van der Waals surface area contributed by atoms with Crippen LogP contribution in [0.3, 0.4) is 0 Å². The molecule has 1 heterocycles. The van der Waals surface area contributed by atoms with Gasteiger partial charge in [0.05, 0.1) is 17.7 Å². The number of rotatable bonds is 2. The van der Waals surface area contributed by atoms with E-state index in [0.717, 1.165) is 22.0 Å². The predicted octanol–water partition coefficient (Wildman–Crippen LogP) is 4.71. The van der Waals surface area contributed by atoms with Crippen LogP contribution in [0.1, 0.15) is 5.56 Å². The first-order valence-electron chi connectivity index (χ1n) is 6.11. The number of nitrogens with one attached hydrogen (secondary N) is 1. The monoisotopic (exact) mass is 268 g/mol. The average molecular weight is 269 g/mol. The van der Waals surface area contributed by atoms with E-state index in [1.54, 1.807) is 6.33 Å². The molecule has 0 saturated carbocycles. The zero-order chi connectivity index (χ0) is 13.2. The average Bonchev–Trinajstić information content (AvgIpc) is 2.89. The Morgan fingerprint density at radius 3 is 2.47 bits per heavy atom. The van der Waals surface area contributed by atoms with Crippen LogP contribution in [0.2, 0.25) is 5.02 Å². The summed E-state index contributed by atoms with van der Waals surface area (Å²) in [5.41, 5.74) is 5.45. The maximum absolute atomic E-state index is 5.93. The highest BCUT2D eigenvalue weighted by molar-refractivity contribution is 6.30. The summed E-state index contributed by atoms with van der Waals surface area (Å²) in [6, 6.07) is 16.0. The third-order valence-electron chi connectivity index (χ3n) is 3.17. The summed E-state index contributed by atoms with van der Waals surface area (Å²) in [6.45, 7) is 2.10. The molecule has 0 bridgehead atoms. The number of benzene rings is 2. The number of aromatic amines is 1. The van der Waals surface area contributed by atoms with Gasteiger partial charge in [0, 0.05) is 16.1 Å². The van der Waals surface area contributed by atoms with Gasteiger partial charge in [-0.05, 0) is 24.6 Å². The lowest BCUT2D eigenvalue weighted by Gasteiger charge is -2.06. The second kappa shape index (κ2) is 4.90. The molecule has 2 aromatic carbocycles. The van der Waals surface area contributed by atoms with E-state index in [2.05, 4.69) is 29.0 Å². The molecule has 0 atom stereocenters. The smallest absolute Gasteiger partial charge is 0.0961 e. The van der Waals surface area contributed by atoms with Crippen molar-refractivity contribution in [3.63, 3.8) is 0 Å². The number of aryl methyl sites for hydroxylation is 1. The van der Waals surface area contributed by atoms with Crippen LogP contribution >= 0.6 is 11.6 Å². The van der Waals surface area contributed by atoms with E-state index in [0.29, 0.717) is 0 Å². The van der Waals surface area contributed by atoms with Crippen LogP contribution in [0, 0.1) is 6.92 Å². The van der Waals surface area contributed by atoms with E-state index in [1.165, 1.54) is 11.1 Å². The first-order chi connectivity index (χ1) is 9.25. The molecule has 0 spiro atoms. The molecule has 0 radical (unpaired) electrons. The fourth-order valence-electron chi connectivity index (χ4n) is 2.18. The molecule has 1 N–H and O–H groups in total. The normalized spacial score (nSPS) is 10.6. The molecule has 1 aromatic heterocycles. The second-order valence-electron chi connectivity index (χ2n) is 4.45. The maximum Gasteiger partial charge on any atom is 0.0961 e. The van der Waals surface area contributed by atoms with Gasteiger partial charge in [-0.3, -0.25) is 0 Å². The molecule has 0 aliphatic rings. The van der Waals surface area contributed by atoms with Crippen molar-refractivity contribution < 1.29 is 0 Å². The van der Waals surface area contributed by atoms with Crippen molar-refractivity contribution in [1.82, 2.24) is 9.97 Å². The Morgan fingerprint density at radius 1 is 1.00 bits per heavy atom. The predicted molar refractivity (Wildman–Crippen MR) is 79.2 cm³/mol. The van der Waals surface area contributed by atoms with Crippen molar-refractivity contribution in [2.24, 2.45) is 0 Å². The zero-order valence-corrected chi connectivity index (χ0v) is 11.3. The molecular weight excluding hydrogens is 256 g/mol. The summed E-state index contributed by atoms with van der Waals surface area (Å²) in [6.07, 6.45) is 1.73. The van der Waals surface area contributed by atoms with Gasteiger partial charge in [-0.15, -0.1) is 0 Å².